The number of ether oxygens (including phenoxy) is 2. The van der Waals surface area contributed by atoms with Gasteiger partial charge in [0.2, 0.25) is 5.16 Å². The third kappa shape index (κ3) is 7.50. The second-order valence-corrected chi connectivity index (χ2v) is 11.0. The number of carbonyl (C=O) groups is 1. The average Bonchev–Trinajstić information content (AvgIpc) is 3.43. The van der Waals surface area contributed by atoms with Crippen LogP contribution in [-0.2, 0) is 36.2 Å². The smallest absolute Gasteiger partial charge is 0.315 e. The van der Waals surface area contributed by atoms with Crippen LogP contribution in [0.5, 0.6) is 0 Å². The minimum absolute atomic E-state index is 0.00597. The molecule has 41 heavy (non-hydrogen) atoms. The maximum atomic E-state index is 12.3. The molecule has 214 valence electrons. The average molecular weight is 575 g/mol. The Labute approximate surface area is 243 Å². The number of nitrogens with zero attached hydrogens (tertiary/aromatic N) is 4. The van der Waals surface area contributed by atoms with Crippen molar-refractivity contribution in [3.8, 4) is 0 Å². The summed E-state index contributed by atoms with van der Waals surface area (Å²) in [7, 11) is 1.81. The number of nitrogens with one attached hydrogen (secondary N) is 2. The summed E-state index contributed by atoms with van der Waals surface area (Å²) in [5.41, 5.74) is 4.78. The summed E-state index contributed by atoms with van der Waals surface area (Å²) in [5, 5.41) is 27.7. The van der Waals surface area contributed by atoms with Crippen molar-refractivity contribution >= 4 is 17.8 Å². The quantitative estimate of drug-likeness (QED) is 0.240. The molecule has 1 aliphatic rings. The van der Waals surface area contributed by atoms with Crippen molar-refractivity contribution in [3.63, 3.8) is 0 Å². The van der Waals surface area contributed by atoms with Crippen LogP contribution in [0.2, 0.25) is 0 Å². The second kappa shape index (κ2) is 13.7. The number of aryl methyl sites for hydroxylation is 1. The van der Waals surface area contributed by atoms with Gasteiger partial charge in [0, 0.05) is 37.4 Å². The van der Waals surface area contributed by atoms with Crippen LogP contribution in [0.1, 0.15) is 47.1 Å². The van der Waals surface area contributed by atoms with Crippen LogP contribution < -0.4 is 10.6 Å². The van der Waals surface area contributed by atoms with Crippen LogP contribution in [-0.4, -0.2) is 43.2 Å². The summed E-state index contributed by atoms with van der Waals surface area (Å²) in [6.45, 7) is 2.98. The lowest BCUT2D eigenvalue weighted by molar-refractivity contribution is -0.268. The highest BCUT2D eigenvalue weighted by atomic mass is 32.2. The molecule has 0 radical (unpaired) electrons. The number of amides is 2. The molecule has 0 saturated carbocycles. The highest BCUT2D eigenvalue weighted by Gasteiger charge is 2.38. The van der Waals surface area contributed by atoms with E-state index in [1.54, 1.807) is 16.4 Å². The lowest BCUT2D eigenvalue weighted by atomic mass is 9.91. The Kier molecular flexibility index (Phi) is 9.63. The SMILES string of the molecule is CC1C(CSc2nnnn2C)OC(c2ccc(CNC(=O)NCc3ccccc3)cc2)OC1c1ccc(CO)cc1. The molecule has 4 unspecified atom stereocenters. The molecule has 4 aromatic rings. The van der Waals surface area contributed by atoms with E-state index in [1.807, 2.05) is 85.9 Å². The monoisotopic (exact) mass is 574 g/mol. The highest BCUT2D eigenvalue weighted by molar-refractivity contribution is 7.99. The maximum absolute atomic E-state index is 12.3. The number of urea groups is 1. The topological polar surface area (TPSA) is 123 Å². The highest BCUT2D eigenvalue weighted by Crippen LogP contribution is 2.42. The van der Waals surface area contributed by atoms with Crippen molar-refractivity contribution in [2.24, 2.45) is 13.0 Å². The molecule has 2 heterocycles. The number of hydrogen-bond acceptors (Lipinski definition) is 8. The van der Waals surface area contributed by atoms with Crippen molar-refractivity contribution in [1.82, 2.24) is 30.8 Å². The first-order valence-corrected chi connectivity index (χ1v) is 14.5. The van der Waals surface area contributed by atoms with E-state index in [2.05, 4.69) is 33.1 Å². The van der Waals surface area contributed by atoms with Gasteiger partial charge in [0.1, 0.15) is 0 Å². The van der Waals surface area contributed by atoms with Crippen LogP contribution in [0.4, 0.5) is 4.79 Å². The Bertz CT molecular complexity index is 1400. The van der Waals surface area contributed by atoms with Gasteiger partial charge in [-0.25, -0.2) is 9.48 Å². The van der Waals surface area contributed by atoms with Crippen molar-refractivity contribution in [3.05, 3.63) is 107 Å². The number of tetrazole rings is 1. The number of rotatable bonds is 10. The van der Waals surface area contributed by atoms with Gasteiger partial charge in [-0.05, 0) is 32.7 Å². The van der Waals surface area contributed by atoms with Gasteiger partial charge in [-0.15, -0.1) is 5.10 Å². The van der Waals surface area contributed by atoms with E-state index in [1.165, 1.54) is 0 Å². The fourth-order valence-electron chi connectivity index (χ4n) is 4.63. The van der Waals surface area contributed by atoms with Gasteiger partial charge in [0.25, 0.3) is 0 Å². The molecule has 0 spiro atoms. The molecule has 11 heteroatoms. The minimum Gasteiger partial charge on any atom is -0.392 e. The van der Waals surface area contributed by atoms with E-state index in [9.17, 15) is 9.90 Å². The van der Waals surface area contributed by atoms with Crippen molar-refractivity contribution < 1.29 is 19.4 Å². The van der Waals surface area contributed by atoms with Gasteiger partial charge in [-0.2, -0.15) is 0 Å². The second-order valence-electron chi connectivity index (χ2n) is 9.98. The molecular formula is C30H34N6O4S. The number of aromatic nitrogens is 4. The number of hydrogen-bond donors (Lipinski definition) is 3. The van der Waals surface area contributed by atoms with Gasteiger partial charge in [0.15, 0.2) is 6.29 Å². The van der Waals surface area contributed by atoms with E-state index in [0.29, 0.717) is 18.8 Å². The first-order valence-electron chi connectivity index (χ1n) is 13.5. The summed E-state index contributed by atoms with van der Waals surface area (Å²) in [4.78, 5) is 12.3. The van der Waals surface area contributed by atoms with Gasteiger partial charge >= 0.3 is 6.03 Å². The molecule has 0 aliphatic carbocycles. The summed E-state index contributed by atoms with van der Waals surface area (Å²) in [5.74, 6) is 0.707. The molecule has 3 N–H and O–H groups in total. The Morgan fingerprint density at radius 1 is 0.902 bits per heavy atom. The molecule has 1 saturated heterocycles. The van der Waals surface area contributed by atoms with Crippen LogP contribution >= 0.6 is 11.8 Å². The van der Waals surface area contributed by atoms with E-state index >= 15 is 0 Å². The number of benzene rings is 3. The predicted molar refractivity (Wildman–Crippen MR) is 154 cm³/mol. The van der Waals surface area contributed by atoms with Gasteiger partial charge in [-0.3, -0.25) is 0 Å². The van der Waals surface area contributed by atoms with Crippen molar-refractivity contribution in [1.29, 1.82) is 0 Å². The lowest BCUT2D eigenvalue weighted by Crippen LogP contribution is -2.38. The Hall–Kier alpha value is -3.77. The minimum atomic E-state index is -0.576. The van der Waals surface area contributed by atoms with Gasteiger partial charge in [0.05, 0.1) is 18.8 Å². The third-order valence-corrected chi connectivity index (χ3v) is 8.18. The zero-order chi connectivity index (χ0) is 28.6. The zero-order valence-electron chi connectivity index (χ0n) is 23.0. The normalized spacial score (nSPS) is 20.5. The summed E-state index contributed by atoms with van der Waals surface area (Å²) >= 11 is 1.55. The molecule has 1 aromatic heterocycles. The number of carbonyl (C=O) groups excluding carboxylic acids is 1. The molecule has 5 rings (SSSR count). The summed E-state index contributed by atoms with van der Waals surface area (Å²) in [6.07, 6.45) is -0.917. The van der Waals surface area contributed by atoms with Crippen LogP contribution in [0.3, 0.4) is 0 Å². The van der Waals surface area contributed by atoms with Crippen molar-refractivity contribution in [2.75, 3.05) is 5.75 Å². The van der Waals surface area contributed by atoms with Gasteiger partial charge < -0.3 is 25.2 Å². The largest absolute Gasteiger partial charge is 0.392 e. The summed E-state index contributed by atoms with van der Waals surface area (Å²) < 4.78 is 14.7. The predicted octanol–water partition coefficient (Wildman–Crippen LogP) is 4.29. The molecule has 3 aromatic carbocycles. The maximum Gasteiger partial charge on any atom is 0.315 e. The van der Waals surface area contributed by atoms with E-state index < -0.39 is 6.29 Å². The fourth-order valence-corrected chi connectivity index (χ4v) is 5.64. The Morgan fingerprint density at radius 2 is 1.54 bits per heavy atom. The fraction of sp³-hybridized carbons (Fsp3) is 0.333. The van der Waals surface area contributed by atoms with Crippen molar-refractivity contribution in [2.45, 2.75) is 50.3 Å². The number of aliphatic hydroxyl groups excluding tert-OH is 1. The number of thioether (sulfide) groups is 1. The van der Waals surface area contributed by atoms with E-state index in [4.69, 9.17) is 9.47 Å². The Balaban J connectivity index is 1.24. The molecule has 1 fully saturated rings. The molecule has 10 nitrogen and oxygen atoms in total. The summed E-state index contributed by atoms with van der Waals surface area (Å²) in [6, 6.07) is 25.3. The molecule has 1 aliphatic heterocycles. The Morgan fingerprint density at radius 3 is 2.17 bits per heavy atom. The van der Waals surface area contributed by atoms with Crippen LogP contribution in [0, 0.1) is 5.92 Å². The van der Waals surface area contributed by atoms with E-state index in [0.717, 1.165) is 33.0 Å². The first-order chi connectivity index (χ1) is 20.0. The van der Waals surface area contributed by atoms with Crippen LogP contribution in [0.15, 0.2) is 84.0 Å². The van der Waals surface area contributed by atoms with E-state index in [-0.39, 0.29) is 30.8 Å². The zero-order valence-corrected chi connectivity index (χ0v) is 23.8. The molecular weight excluding hydrogens is 540 g/mol. The first kappa shape index (κ1) is 28.7. The third-order valence-electron chi connectivity index (χ3n) is 7.08. The number of aliphatic hydroxyl groups is 1. The standard InChI is InChI=1S/C30H34N6O4S/c1-20-26(19-41-30-33-34-35-36(30)2)39-28(40-27(20)24-12-10-23(18-37)11-13-24)25-14-8-22(9-15-25)17-32-29(38)31-16-21-6-4-3-5-7-21/h3-15,20,26-28,37H,16-19H2,1-2H3,(H2,31,32,38). The molecule has 0 bridgehead atoms. The molecule has 2 amide bonds. The van der Waals surface area contributed by atoms with Crippen LogP contribution in [0.25, 0.3) is 0 Å². The molecule has 4 atom stereocenters. The van der Waals surface area contributed by atoms with Gasteiger partial charge in [-0.1, -0.05) is 97.5 Å². The lowest BCUT2D eigenvalue weighted by Gasteiger charge is -2.41.